The van der Waals surface area contributed by atoms with Crippen LogP contribution in [0.4, 0.5) is 10.5 Å². The summed E-state index contributed by atoms with van der Waals surface area (Å²) in [6.07, 6.45) is -0.675. The molecule has 0 aromatic heterocycles. The first kappa shape index (κ1) is 15.8. The molecule has 0 aliphatic carbocycles. The lowest BCUT2D eigenvalue weighted by molar-refractivity contribution is -0.135. The van der Waals surface area contributed by atoms with E-state index in [0.29, 0.717) is 5.69 Å². The quantitative estimate of drug-likeness (QED) is 0.939. The number of carbonyl (C=O) groups is 2. The number of fused-ring (bicyclic) bond motifs is 1. The molecule has 2 aromatic rings. The molecule has 0 spiro atoms. The molecule has 0 radical (unpaired) electrons. The van der Waals surface area contributed by atoms with Crippen molar-refractivity contribution < 1.29 is 19.4 Å². The lowest BCUT2D eigenvalue weighted by atomic mass is 10.1. The van der Waals surface area contributed by atoms with Gasteiger partial charge in [0.1, 0.15) is 12.1 Å². The Bertz CT molecular complexity index is 698. The summed E-state index contributed by atoms with van der Waals surface area (Å²) in [5.41, 5.74) is -0.173. The van der Waals surface area contributed by atoms with Gasteiger partial charge >= 0.3 is 12.1 Å². The van der Waals surface area contributed by atoms with Crippen molar-refractivity contribution in [1.29, 1.82) is 0 Å². The standard InChI is InChI=1S/C17H19NO4/c1-17(2,3)22-16(21)18(11-15(19)20)14-10-6-8-12-7-4-5-9-13(12)14/h4-10H,11H2,1-3H3,(H,19,20). The summed E-state index contributed by atoms with van der Waals surface area (Å²) in [5, 5.41) is 10.8. The zero-order chi connectivity index (χ0) is 16.3. The molecule has 116 valence electrons. The van der Waals surface area contributed by atoms with Gasteiger partial charge in [-0.25, -0.2) is 4.79 Å². The molecule has 5 heteroatoms. The molecule has 0 saturated carbocycles. The van der Waals surface area contributed by atoms with Crippen molar-refractivity contribution in [3.8, 4) is 0 Å². The number of hydrogen-bond acceptors (Lipinski definition) is 3. The minimum atomic E-state index is -1.10. The Labute approximate surface area is 129 Å². The highest BCUT2D eigenvalue weighted by molar-refractivity contribution is 6.03. The van der Waals surface area contributed by atoms with Crippen molar-refractivity contribution in [2.75, 3.05) is 11.4 Å². The average molecular weight is 301 g/mol. The van der Waals surface area contributed by atoms with Gasteiger partial charge in [-0.1, -0.05) is 36.4 Å². The maximum atomic E-state index is 12.4. The first-order valence-corrected chi connectivity index (χ1v) is 6.98. The predicted molar refractivity (Wildman–Crippen MR) is 85.2 cm³/mol. The molecule has 0 aliphatic heterocycles. The molecule has 0 fully saturated rings. The van der Waals surface area contributed by atoms with Gasteiger partial charge < -0.3 is 9.84 Å². The van der Waals surface area contributed by atoms with E-state index in [-0.39, 0.29) is 0 Å². The van der Waals surface area contributed by atoms with Crippen LogP contribution in [-0.2, 0) is 9.53 Å². The molecular weight excluding hydrogens is 282 g/mol. The number of aliphatic carboxylic acids is 1. The van der Waals surface area contributed by atoms with E-state index in [4.69, 9.17) is 9.84 Å². The van der Waals surface area contributed by atoms with Crippen molar-refractivity contribution in [3.05, 3.63) is 42.5 Å². The number of benzene rings is 2. The summed E-state index contributed by atoms with van der Waals surface area (Å²) in [7, 11) is 0. The zero-order valence-electron chi connectivity index (χ0n) is 12.9. The maximum Gasteiger partial charge on any atom is 0.415 e. The number of rotatable bonds is 3. The van der Waals surface area contributed by atoms with E-state index in [9.17, 15) is 9.59 Å². The number of anilines is 1. The van der Waals surface area contributed by atoms with Crippen LogP contribution in [0.5, 0.6) is 0 Å². The average Bonchev–Trinajstić information content (AvgIpc) is 2.42. The van der Waals surface area contributed by atoms with Crippen molar-refractivity contribution >= 4 is 28.5 Å². The van der Waals surface area contributed by atoms with Crippen molar-refractivity contribution in [3.63, 3.8) is 0 Å². The van der Waals surface area contributed by atoms with Gasteiger partial charge in [0.15, 0.2) is 0 Å². The fourth-order valence-electron chi connectivity index (χ4n) is 2.14. The Morgan fingerprint density at radius 2 is 1.73 bits per heavy atom. The predicted octanol–water partition coefficient (Wildman–Crippen LogP) is 3.67. The second-order valence-corrected chi connectivity index (χ2v) is 5.96. The number of amides is 1. The molecule has 0 atom stereocenters. The molecule has 2 rings (SSSR count). The number of nitrogens with zero attached hydrogens (tertiary/aromatic N) is 1. The minimum Gasteiger partial charge on any atom is -0.480 e. The van der Waals surface area contributed by atoms with Crippen LogP contribution >= 0.6 is 0 Å². The van der Waals surface area contributed by atoms with Crippen LogP contribution in [0.1, 0.15) is 20.8 Å². The lowest BCUT2D eigenvalue weighted by Crippen LogP contribution is -2.40. The minimum absolute atomic E-state index is 0.455. The second kappa shape index (κ2) is 6.05. The van der Waals surface area contributed by atoms with Gasteiger partial charge in [0, 0.05) is 5.39 Å². The van der Waals surface area contributed by atoms with E-state index in [2.05, 4.69) is 0 Å². The molecule has 0 aliphatic rings. The summed E-state index contributed by atoms with van der Waals surface area (Å²) in [4.78, 5) is 24.7. The Kier molecular flexibility index (Phi) is 4.35. The van der Waals surface area contributed by atoms with Crippen LogP contribution in [0, 0.1) is 0 Å². The van der Waals surface area contributed by atoms with E-state index in [1.807, 2.05) is 30.3 Å². The molecule has 1 amide bonds. The number of ether oxygens (including phenoxy) is 1. The summed E-state index contributed by atoms with van der Waals surface area (Å²) < 4.78 is 5.33. The number of carboxylic acids is 1. The largest absolute Gasteiger partial charge is 0.480 e. The third kappa shape index (κ3) is 3.75. The van der Waals surface area contributed by atoms with Gasteiger partial charge in [-0.2, -0.15) is 0 Å². The lowest BCUT2D eigenvalue weighted by Gasteiger charge is -2.27. The third-order valence-corrected chi connectivity index (χ3v) is 2.96. The SMILES string of the molecule is CC(C)(C)OC(=O)N(CC(=O)O)c1cccc2ccccc12. The Balaban J connectivity index is 2.48. The monoisotopic (exact) mass is 301 g/mol. The van der Waals surface area contributed by atoms with E-state index in [1.54, 1.807) is 32.9 Å². The van der Waals surface area contributed by atoms with Crippen LogP contribution < -0.4 is 4.90 Å². The topological polar surface area (TPSA) is 66.8 Å². The van der Waals surface area contributed by atoms with Crippen molar-refractivity contribution in [2.45, 2.75) is 26.4 Å². The summed E-state index contributed by atoms with van der Waals surface area (Å²) in [6, 6.07) is 12.9. The maximum absolute atomic E-state index is 12.4. The number of hydrogen-bond donors (Lipinski definition) is 1. The molecule has 0 saturated heterocycles. The Hall–Kier alpha value is -2.56. The fourth-order valence-corrected chi connectivity index (χ4v) is 2.14. The fraction of sp³-hybridized carbons (Fsp3) is 0.294. The van der Waals surface area contributed by atoms with Crippen LogP contribution in [-0.4, -0.2) is 29.3 Å². The van der Waals surface area contributed by atoms with E-state index in [0.717, 1.165) is 15.7 Å². The zero-order valence-corrected chi connectivity index (χ0v) is 12.9. The molecule has 0 heterocycles. The van der Waals surface area contributed by atoms with Gasteiger partial charge in [-0.05, 0) is 32.2 Å². The van der Waals surface area contributed by atoms with Crippen LogP contribution in [0.15, 0.2) is 42.5 Å². The van der Waals surface area contributed by atoms with Crippen molar-refractivity contribution in [2.24, 2.45) is 0 Å². The second-order valence-electron chi connectivity index (χ2n) is 5.96. The number of carboxylic acid groups (broad SMARTS) is 1. The van der Waals surface area contributed by atoms with E-state index < -0.39 is 24.2 Å². The van der Waals surface area contributed by atoms with Gasteiger partial charge in [0.05, 0.1) is 5.69 Å². The smallest absolute Gasteiger partial charge is 0.415 e. The van der Waals surface area contributed by atoms with E-state index in [1.165, 1.54) is 0 Å². The normalized spacial score (nSPS) is 11.2. The Morgan fingerprint density at radius 1 is 1.09 bits per heavy atom. The molecule has 5 nitrogen and oxygen atoms in total. The molecule has 0 bridgehead atoms. The van der Waals surface area contributed by atoms with Gasteiger partial charge in [0.25, 0.3) is 0 Å². The van der Waals surface area contributed by atoms with Crippen molar-refractivity contribution in [1.82, 2.24) is 0 Å². The highest BCUT2D eigenvalue weighted by atomic mass is 16.6. The first-order valence-electron chi connectivity index (χ1n) is 6.98. The van der Waals surface area contributed by atoms with Gasteiger partial charge in [-0.3, -0.25) is 9.69 Å². The summed E-state index contributed by atoms with van der Waals surface area (Å²) >= 11 is 0. The first-order chi connectivity index (χ1) is 10.3. The highest BCUT2D eigenvalue weighted by Gasteiger charge is 2.26. The third-order valence-electron chi connectivity index (χ3n) is 2.96. The van der Waals surface area contributed by atoms with Gasteiger partial charge in [0.2, 0.25) is 0 Å². The summed E-state index contributed by atoms with van der Waals surface area (Å²) in [6.45, 7) is 4.77. The molecule has 1 N–H and O–H groups in total. The van der Waals surface area contributed by atoms with Crippen LogP contribution in [0.25, 0.3) is 10.8 Å². The molecule has 2 aromatic carbocycles. The van der Waals surface area contributed by atoms with Gasteiger partial charge in [-0.15, -0.1) is 0 Å². The molecule has 0 unspecified atom stereocenters. The molecular formula is C17H19NO4. The van der Waals surface area contributed by atoms with Crippen LogP contribution in [0.3, 0.4) is 0 Å². The summed E-state index contributed by atoms with van der Waals surface area (Å²) in [5.74, 6) is -1.10. The number of carbonyl (C=O) groups excluding carboxylic acids is 1. The Morgan fingerprint density at radius 3 is 2.36 bits per heavy atom. The van der Waals surface area contributed by atoms with Crippen LogP contribution in [0.2, 0.25) is 0 Å². The molecule has 22 heavy (non-hydrogen) atoms. The highest BCUT2D eigenvalue weighted by Crippen LogP contribution is 2.27. The van der Waals surface area contributed by atoms with E-state index >= 15 is 0 Å².